The van der Waals surface area contributed by atoms with Crippen LogP contribution < -0.4 is 4.90 Å². The zero-order valence-corrected chi connectivity index (χ0v) is 19.9. The predicted molar refractivity (Wildman–Crippen MR) is 132 cm³/mol. The van der Waals surface area contributed by atoms with Gasteiger partial charge in [-0.1, -0.05) is 41.4 Å². The van der Waals surface area contributed by atoms with Gasteiger partial charge in [-0.15, -0.1) is 0 Å². The Kier molecular flexibility index (Phi) is 6.11. The van der Waals surface area contributed by atoms with Crippen LogP contribution in [0.25, 0.3) is 0 Å². The minimum atomic E-state index is -0.545. The molecule has 0 spiro atoms. The fourth-order valence-electron chi connectivity index (χ4n) is 4.96. The van der Waals surface area contributed by atoms with Crippen molar-refractivity contribution in [2.24, 2.45) is 0 Å². The molecule has 1 saturated heterocycles. The van der Waals surface area contributed by atoms with Gasteiger partial charge in [0.05, 0.1) is 27.6 Å². The summed E-state index contributed by atoms with van der Waals surface area (Å²) in [5, 5.41) is 23.0. The van der Waals surface area contributed by atoms with Crippen LogP contribution in [0.4, 0.5) is 21.5 Å². The molecule has 7 nitrogen and oxygen atoms in total. The van der Waals surface area contributed by atoms with Crippen molar-refractivity contribution in [2.45, 2.75) is 43.7 Å². The van der Waals surface area contributed by atoms with Crippen LogP contribution in [0.1, 0.15) is 60.4 Å². The highest BCUT2D eigenvalue weighted by molar-refractivity contribution is 6.33. The number of hydrogen-bond acceptors (Lipinski definition) is 5. The van der Waals surface area contributed by atoms with E-state index in [4.69, 9.17) is 23.2 Å². The zero-order chi connectivity index (χ0) is 24.9. The molecule has 180 valence electrons. The molecular weight excluding hydrogens is 496 g/mol. The van der Waals surface area contributed by atoms with E-state index in [2.05, 4.69) is 0 Å². The maximum Gasteiger partial charge on any atom is 0.288 e. The average molecular weight is 516 g/mol. The Labute approximate surface area is 210 Å². The summed E-state index contributed by atoms with van der Waals surface area (Å²) < 4.78 is 15.5. The van der Waals surface area contributed by atoms with Crippen LogP contribution >= 0.6 is 23.2 Å². The van der Waals surface area contributed by atoms with Crippen LogP contribution in [0.5, 0.6) is 0 Å². The molecule has 1 aliphatic heterocycles. The number of hydrogen-bond donors (Lipinski definition) is 0. The molecule has 35 heavy (non-hydrogen) atoms. The van der Waals surface area contributed by atoms with Gasteiger partial charge in [-0.05, 0) is 72.6 Å². The predicted octanol–water partition coefficient (Wildman–Crippen LogP) is 7.91. The second-order valence-electron chi connectivity index (χ2n) is 8.94. The van der Waals surface area contributed by atoms with Gasteiger partial charge >= 0.3 is 0 Å². The molecule has 0 amide bonds. The summed E-state index contributed by atoms with van der Waals surface area (Å²) in [6.45, 7) is 0. The Morgan fingerprint density at radius 3 is 1.66 bits per heavy atom. The Morgan fingerprint density at radius 2 is 1.23 bits per heavy atom. The second kappa shape index (κ2) is 9.09. The van der Waals surface area contributed by atoms with Crippen LogP contribution in [-0.4, -0.2) is 9.85 Å². The van der Waals surface area contributed by atoms with Gasteiger partial charge in [-0.25, -0.2) is 4.39 Å². The molecule has 5 rings (SSSR count). The molecular formula is C25H20Cl2FN3O4. The summed E-state index contributed by atoms with van der Waals surface area (Å²) in [6.07, 6.45) is 3.20. The van der Waals surface area contributed by atoms with Crippen molar-refractivity contribution in [3.8, 4) is 0 Å². The van der Waals surface area contributed by atoms with Crippen LogP contribution in [0.15, 0.2) is 54.6 Å². The lowest BCUT2D eigenvalue weighted by molar-refractivity contribution is -0.384. The molecule has 3 aromatic carbocycles. The van der Waals surface area contributed by atoms with Crippen molar-refractivity contribution < 1.29 is 14.2 Å². The summed E-state index contributed by atoms with van der Waals surface area (Å²) >= 11 is 12.0. The third kappa shape index (κ3) is 4.44. The first-order valence-corrected chi connectivity index (χ1v) is 12.0. The van der Waals surface area contributed by atoms with Crippen molar-refractivity contribution in [1.29, 1.82) is 0 Å². The molecule has 2 aliphatic rings. The molecule has 2 atom stereocenters. The molecule has 0 unspecified atom stereocenters. The van der Waals surface area contributed by atoms with Crippen molar-refractivity contribution in [1.82, 2.24) is 0 Å². The monoisotopic (exact) mass is 515 g/mol. The highest BCUT2D eigenvalue weighted by Crippen LogP contribution is 2.50. The molecule has 10 heteroatoms. The molecule has 0 N–H and O–H groups in total. The summed E-state index contributed by atoms with van der Waals surface area (Å²) in [5.41, 5.74) is 2.09. The molecule has 1 aliphatic carbocycles. The molecule has 0 aromatic heterocycles. The van der Waals surface area contributed by atoms with E-state index in [-0.39, 0.29) is 21.4 Å². The number of rotatable bonds is 6. The number of nitro benzene ring substituents is 2. The lowest BCUT2D eigenvalue weighted by atomic mass is 10.0. The summed E-state index contributed by atoms with van der Waals surface area (Å²) in [7, 11) is 0. The minimum absolute atomic E-state index is 0.0214. The minimum Gasteiger partial charge on any atom is -0.355 e. The highest BCUT2D eigenvalue weighted by Gasteiger charge is 2.38. The molecule has 1 heterocycles. The Hall–Kier alpha value is -3.23. The Morgan fingerprint density at radius 1 is 0.743 bits per heavy atom. The number of nitro groups is 2. The van der Waals surface area contributed by atoms with Crippen molar-refractivity contribution in [3.05, 3.63) is 107 Å². The lowest BCUT2D eigenvalue weighted by Gasteiger charge is -2.33. The van der Waals surface area contributed by atoms with Crippen LogP contribution in [0.3, 0.4) is 0 Å². The van der Waals surface area contributed by atoms with E-state index in [1.54, 1.807) is 24.3 Å². The van der Waals surface area contributed by atoms with Gasteiger partial charge in [0, 0.05) is 12.1 Å². The topological polar surface area (TPSA) is 89.5 Å². The fourth-order valence-corrected chi connectivity index (χ4v) is 5.33. The van der Waals surface area contributed by atoms with E-state index in [1.165, 1.54) is 24.3 Å². The number of nitrogens with zero attached hydrogens (tertiary/aromatic N) is 3. The number of benzene rings is 3. The van der Waals surface area contributed by atoms with Crippen molar-refractivity contribution >= 4 is 40.3 Å². The summed E-state index contributed by atoms with van der Waals surface area (Å²) in [4.78, 5) is 23.8. The third-order valence-corrected chi connectivity index (χ3v) is 7.43. The third-order valence-electron chi connectivity index (χ3n) is 6.79. The highest BCUT2D eigenvalue weighted by atomic mass is 35.5. The summed E-state index contributed by atoms with van der Waals surface area (Å²) in [6, 6.07) is 13.6. The quantitative estimate of drug-likeness (QED) is 0.245. The van der Waals surface area contributed by atoms with Gasteiger partial charge in [-0.3, -0.25) is 20.2 Å². The largest absolute Gasteiger partial charge is 0.355 e. The SMILES string of the molecule is O=[N+]([O-])c1cc([C@H]2CC[C@H](c3ccc(Cl)c([N+](=O)[O-])c3)N2c2ccc(C3CC3)cc2F)ccc1Cl. The maximum absolute atomic E-state index is 15.5. The smallest absolute Gasteiger partial charge is 0.288 e. The van der Waals surface area contributed by atoms with E-state index in [9.17, 15) is 20.2 Å². The van der Waals surface area contributed by atoms with E-state index < -0.39 is 27.7 Å². The molecule has 1 saturated carbocycles. The van der Waals surface area contributed by atoms with E-state index in [1.807, 2.05) is 11.0 Å². The zero-order valence-electron chi connectivity index (χ0n) is 18.4. The van der Waals surface area contributed by atoms with Gasteiger partial charge in [-0.2, -0.15) is 0 Å². The Balaban J connectivity index is 1.62. The van der Waals surface area contributed by atoms with Gasteiger partial charge in [0.2, 0.25) is 0 Å². The van der Waals surface area contributed by atoms with Gasteiger partial charge < -0.3 is 4.90 Å². The van der Waals surface area contributed by atoms with Crippen LogP contribution in [0, 0.1) is 26.0 Å². The first-order valence-electron chi connectivity index (χ1n) is 11.2. The molecule has 0 radical (unpaired) electrons. The molecule has 0 bridgehead atoms. The first-order chi connectivity index (χ1) is 16.7. The lowest BCUT2D eigenvalue weighted by Crippen LogP contribution is -2.27. The van der Waals surface area contributed by atoms with Crippen LogP contribution in [0.2, 0.25) is 10.0 Å². The van der Waals surface area contributed by atoms with Gasteiger partial charge in [0.25, 0.3) is 11.4 Å². The van der Waals surface area contributed by atoms with Gasteiger partial charge in [0.15, 0.2) is 0 Å². The number of halogens is 3. The first kappa shape index (κ1) is 23.5. The molecule has 3 aromatic rings. The van der Waals surface area contributed by atoms with E-state index in [0.29, 0.717) is 35.6 Å². The van der Waals surface area contributed by atoms with Crippen molar-refractivity contribution in [3.63, 3.8) is 0 Å². The Bertz CT molecular complexity index is 1280. The number of anilines is 1. The summed E-state index contributed by atoms with van der Waals surface area (Å²) in [5.74, 6) is -0.0141. The standard InChI is InChI=1S/C25H20Cl2FN3O4/c26-18-6-3-16(12-24(18)30(32)33)21-9-10-22(17-4-7-19(27)25(13-17)31(34)35)29(21)23-8-5-15(11-20(23)28)14-1-2-14/h3-8,11-14,21-22H,1-2,9-10H2/t21-,22-/m1/s1. The second-order valence-corrected chi connectivity index (χ2v) is 9.75. The normalized spacial score (nSPS) is 19.7. The fraction of sp³-hybridized carbons (Fsp3) is 0.280. The average Bonchev–Trinajstić information content (AvgIpc) is 3.58. The van der Waals surface area contributed by atoms with Gasteiger partial charge in [0.1, 0.15) is 15.9 Å². The molecule has 2 fully saturated rings. The van der Waals surface area contributed by atoms with Crippen LogP contribution in [-0.2, 0) is 0 Å². The maximum atomic E-state index is 15.5. The van der Waals surface area contributed by atoms with E-state index in [0.717, 1.165) is 18.4 Å². The van der Waals surface area contributed by atoms with E-state index >= 15 is 4.39 Å². The van der Waals surface area contributed by atoms with Crippen molar-refractivity contribution in [2.75, 3.05) is 4.90 Å².